The van der Waals surface area contributed by atoms with Crippen LogP contribution in [0.1, 0.15) is 6.92 Å². The predicted octanol–water partition coefficient (Wildman–Crippen LogP) is 1.84. The molecule has 26 heavy (non-hydrogen) atoms. The van der Waals surface area contributed by atoms with E-state index in [1.165, 1.54) is 18.2 Å². The second kappa shape index (κ2) is 7.78. The van der Waals surface area contributed by atoms with Gasteiger partial charge in [-0.25, -0.2) is 13.2 Å². The highest BCUT2D eigenvalue weighted by Gasteiger charge is 2.29. The van der Waals surface area contributed by atoms with Crippen molar-refractivity contribution in [3.8, 4) is 0 Å². The van der Waals surface area contributed by atoms with E-state index in [1.54, 1.807) is 19.1 Å². The largest absolute Gasteiger partial charge is 0.360 e. The molecule has 1 fully saturated rings. The predicted molar refractivity (Wildman–Crippen MR) is 93.8 cm³/mol. The normalized spacial score (nSPS) is 16.4. The van der Waals surface area contributed by atoms with Crippen LogP contribution in [0.2, 0.25) is 0 Å². The van der Waals surface area contributed by atoms with Crippen molar-refractivity contribution in [1.29, 1.82) is 0 Å². The highest BCUT2D eigenvalue weighted by molar-refractivity contribution is 5.93. The molecule has 0 unspecified atom stereocenters. The number of hydrogen-bond acceptors (Lipinski definition) is 2. The number of halogens is 3. The molecule has 1 aliphatic rings. The fraction of sp³-hybridized carbons (Fsp3) is 0.316. The lowest BCUT2D eigenvalue weighted by Gasteiger charge is -2.36. The molecule has 3 rings (SSSR count). The van der Waals surface area contributed by atoms with E-state index in [0.29, 0.717) is 0 Å². The smallest absolute Gasteiger partial charge is 0.282 e. The fourth-order valence-electron chi connectivity index (χ4n) is 3.15. The number of piperazine rings is 1. The lowest BCUT2D eigenvalue weighted by atomic mass is 10.2. The van der Waals surface area contributed by atoms with Crippen LogP contribution >= 0.6 is 0 Å². The standard InChI is InChI=1S/C19H20F3N3O/c1-13(19(26)23-18-7-4-15(21)12-17(18)22)24-8-10-25(11-9-24)16-5-2-14(20)3-6-16/h2-7,12-13H,8-11H2,1H3,(H,23,26)/p+1/t13-/m0/s1. The first-order valence-electron chi connectivity index (χ1n) is 8.55. The molecular weight excluding hydrogens is 343 g/mol. The third-order valence-electron chi connectivity index (χ3n) is 4.79. The first-order chi connectivity index (χ1) is 12.4. The fourth-order valence-corrected chi connectivity index (χ4v) is 3.15. The van der Waals surface area contributed by atoms with Crippen molar-refractivity contribution < 1.29 is 22.9 Å². The number of quaternary nitrogens is 1. The highest BCUT2D eigenvalue weighted by atomic mass is 19.1. The van der Waals surface area contributed by atoms with Gasteiger partial charge < -0.3 is 15.1 Å². The number of nitrogens with zero attached hydrogens (tertiary/aromatic N) is 1. The summed E-state index contributed by atoms with van der Waals surface area (Å²) in [6, 6.07) is 9.06. The maximum absolute atomic E-state index is 13.7. The van der Waals surface area contributed by atoms with Crippen molar-refractivity contribution >= 4 is 17.3 Å². The molecule has 0 bridgehead atoms. The van der Waals surface area contributed by atoms with Gasteiger partial charge in [0.25, 0.3) is 5.91 Å². The van der Waals surface area contributed by atoms with Crippen molar-refractivity contribution in [1.82, 2.24) is 0 Å². The lowest BCUT2D eigenvalue weighted by molar-refractivity contribution is -0.914. The first kappa shape index (κ1) is 18.3. The topological polar surface area (TPSA) is 36.8 Å². The van der Waals surface area contributed by atoms with Crippen LogP contribution in [0.15, 0.2) is 42.5 Å². The van der Waals surface area contributed by atoms with Gasteiger partial charge in [0.1, 0.15) is 17.5 Å². The van der Waals surface area contributed by atoms with Crippen molar-refractivity contribution in [2.24, 2.45) is 0 Å². The van der Waals surface area contributed by atoms with Crippen LogP contribution in [0.4, 0.5) is 24.5 Å². The van der Waals surface area contributed by atoms with Crippen LogP contribution < -0.4 is 15.1 Å². The minimum absolute atomic E-state index is 0.0207. The van der Waals surface area contributed by atoms with Crippen LogP contribution in [-0.4, -0.2) is 38.1 Å². The number of anilines is 2. The maximum atomic E-state index is 13.7. The van der Waals surface area contributed by atoms with Crippen LogP contribution in [0.3, 0.4) is 0 Å². The number of benzene rings is 2. The molecule has 7 heteroatoms. The zero-order chi connectivity index (χ0) is 18.7. The van der Waals surface area contributed by atoms with Crippen LogP contribution in [0, 0.1) is 17.5 Å². The van der Waals surface area contributed by atoms with E-state index >= 15 is 0 Å². The molecule has 1 atom stereocenters. The Bertz CT molecular complexity index is 774. The summed E-state index contributed by atoms with van der Waals surface area (Å²) in [6.07, 6.45) is 0. The average Bonchev–Trinajstić information content (AvgIpc) is 2.64. The van der Waals surface area contributed by atoms with Gasteiger partial charge in [-0.1, -0.05) is 0 Å². The van der Waals surface area contributed by atoms with Crippen LogP contribution in [0.5, 0.6) is 0 Å². The Kier molecular flexibility index (Phi) is 5.46. The Morgan fingerprint density at radius 3 is 2.27 bits per heavy atom. The quantitative estimate of drug-likeness (QED) is 0.869. The maximum Gasteiger partial charge on any atom is 0.282 e. The molecule has 1 aliphatic heterocycles. The van der Waals surface area contributed by atoms with Gasteiger partial charge >= 0.3 is 0 Å². The number of carbonyl (C=O) groups excluding carboxylic acids is 1. The Hall–Kier alpha value is -2.54. The first-order valence-corrected chi connectivity index (χ1v) is 8.55. The van der Waals surface area contributed by atoms with Crippen molar-refractivity contribution in [3.63, 3.8) is 0 Å². The summed E-state index contributed by atoms with van der Waals surface area (Å²) < 4.78 is 39.7. The van der Waals surface area contributed by atoms with Gasteiger partial charge in [0.15, 0.2) is 6.04 Å². The second-order valence-electron chi connectivity index (χ2n) is 6.46. The summed E-state index contributed by atoms with van der Waals surface area (Å²) >= 11 is 0. The summed E-state index contributed by atoms with van der Waals surface area (Å²) in [4.78, 5) is 15.6. The van der Waals surface area contributed by atoms with E-state index in [9.17, 15) is 18.0 Å². The zero-order valence-electron chi connectivity index (χ0n) is 14.4. The molecule has 0 radical (unpaired) electrons. The van der Waals surface area contributed by atoms with Gasteiger partial charge in [-0.2, -0.15) is 0 Å². The summed E-state index contributed by atoms with van der Waals surface area (Å²) in [6.45, 7) is 4.74. The molecule has 1 amide bonds. The summed E-state index contributed by atoms with van der Waals surface area (Å²) in [5.41, 5.74) is 0.934. The molecule has 138 valence electrons. The van der Waals surface area contributed by atoms with E-state index in [1.807, 2.05) is 0 Å². The van der Waals surface area contributed by atoms with Gasteiger partial charge in [-0.05, 0) is 43.3 Å². The van der Waals surface area contributed by atoms with Gasteiger partial charge in [-0.3, -0.25) is 4.79 Å². The highest BCUT2D eigenvalue weighted by Crippen LogP contribution is 2.16. The van der Waals surface area contributed by atoms with E-state index in [0.717, 1.165) is 48.9 Å². The van der Waals surface area contributed by atoms with Crippen molar-refractivity contribution in [2.45, 2.75) is 13.0 Å². The molecular formula is C19H21F3N3O+. The summed E-state index contributed by atoms with van der Waals surface area (Å²) in [5, 5.41) is 2.53. The number of rotatable bonds is 4. The second-order valence-corrected chi connectivity index (χ2v) is 6.46. The lowest BCUT2D eigenvalue weighted by Crippen LogP contribution is -3.19. The third-order valence-corrected chi connectivity index (χ3v) is 4.79. The van der Waals surface area contributed by atoms with Gasteiger partial charge in [0.05, 0.1) is 31.9 Å². The third kappa shape index (κ3) is 4.16. The minimum Gasteiger partial charge on any atom is -0.360 e. The molecule has 2 aromatic carbocycles. The molecule has 1 saturated heterocycles. The van der Waals surface area contributed by atoms with E-state index in [-0.39, 0.29) is 23.5 Å². The molecule has 0 spiro atoms. The van der Waals surface area contributed by atoms with Gasteiger partial charge in [0.2, 0.25) is 0 Å². The van der Waals surface area contributed by atoms with E-state index < -0.39 is 11.6 Å². The number of hydrogen-bond donors (Lipinski definition) is 2. The average molecular weight is 364 g/mol. The molecule has 0 saturated carbocycles. The molecule has 2 N–H and O–H groups in total. The Morgan fingerprint density at radius 2 is 1.65 bits per heavy atom. The molecule has 1 heterocycles. The Morgan fingerprint density at radius 1 is 1.04 bits per heavy atom. The summed E-state index contributed by atoms with van der Waals surface area (Å²) in [7, 11) is 0. The van der Waals surface area contributed by atoms with Crippen LogP contribution in [-0.2, 0) is 4.79 Å². The monoisotopic (exact) mass is 364 g/mol. The van der Waals surface area contributed by atoms with Crippen molar-refractivity contribution in [3.05, 3.63) is 59.9 Å². The van der Waals surface area contributed by atoms with Crippen molar-refractivity contribution in [2.75, 3.05) is 36.4 Å². The molecule has 0 aromatic heterocycles. The Labute approximate surface area is 150 Å². The molecule has 2 aromatic rings. The van der Waals surface area contributed by atoms with Gasteiger partial charge in [-0.15, -0.1) is 0 Å². The molecule has 4 nitrogen and oxygen atoms in total. The zero-order valence-corrected chi connectivity index (χ0v) is 14.4. The van der Waals surface area contributed by atoms with Gasteiger partial charge in [0, 0.05) is 11.8 Å². The van der Waals surface area contributed by atoms with E-state index in [2.05, 4.69) is 10.2 Å². The summed E-state index contributed by atoms with van der Waals surface area (Å²) in [5.74, 6) is -2.05. The molecule has 0 aliphatic carbocycles. The number of amides is 1. The number of nitrogens with one attached hydrogen (secondary N) is 2. The number of carbonyl (C=O) groups is 1. The van der Waals surface area contributed by atoms with E-state index in [4.69, 9.17) is 0 Å². The Balaban J connectivity index is 1.56. The van der Waals surface area contributed by atoms with Crippen LogP contribution in [0.25, 0.3) is 0 Å². The SMILES string of the molecule is C[C@@H](C(=O)Nc1ccc(F)cc1F)[NH+]1CCN(c2ccc(F)cc2)CC1. The minimum atomic E-state index is -0.790.